The van der Waals surface area contributed by atoms with Crippen molar-refractivity contribution in [1.29, 1.82) is 0 Å². The van der Waals surface area contributed by atoms with Crippen molar-refractivity contribution in [2.75, 3.05) is 33.7 Å². The molecular weight excluding hydrogens is 288 g/mol. The van der Waals surface area contributed by atoms with Crippen LogP contribution in [0.4, 0.5) is 0 Å². The first-order chi connectivity index (χ1) is 11.2. The Morgan fingerprint density at radius 3 is 2.83 bits per heavy atom. The van der Waals surface area contributed by atoms with Gasteiger partial charge in [0.1, 0.15) is 0 Å². The minimum Gasteiger partial charge on any atom is -0.348 e. The number of nitrogens with zero attached hydrogens (tertiary/aromatic N) is 2. The zero-order chi connectivity index (χ0) is 16.2. The Labute approximate surface area is 139 Å². The number of hydrogen-bond acceptors (Lipinski definition) is 4. The van der Waals surface area contributed by atoms with Gasteiger partial charge in [0, 0.05) is 39.3 Å². The van der Waals surface area contributed by atoms with Crippen LogP contribution in [-0.2, 0) is 11.2 Å². The predicted molar refractivity (Wildman–Crippen MR) is 91.9 cm³/mol. The van der Waals surface area contributed by atoms with Crippen LogP contribution in [0, 0.1) is 5.92 Å². The van der Waals surface area contributed by atoms with Gasteiger partial charge in [0.15, 0.2) is 0 Å². The van der Waals surface area contributed by atoms with Crippen molar-refractivity contribution in [3.05, 3.63) is 35.9 Å². The number of carbonyl (C=O) groups is 1. The third-order valence-corrected chi connectivity index (χ3v) is 5.14. The molecule has 3 unspecified atom stereocenters. The van der Waals surface area contributed by atoms with Crippen LogP contribution >= 0.6 is 0 Å². The molecule has 2 saturated heterocycles. The smallest absolute Gasteiger partial charge is 0.228 e. The van der Waals surface area contributed by atoms with Crippen LogP contribution in [0.5, 0.6) is 0 Å². The Morgan fingerprint density at radius 1 is 1.30 bits per heavy atom. The van der Waals surface area contributed by atoms with Gasteiger partial charge in [-0.2, -0.15) is 0 Å². The molecule has 2 aliphatic heterocycles. The molecule has 126 valence electrons. The Balaban J connectivity index is 1.63. The van der Waals surface area contributed by atoms with Gasteiger partial charge >= 0.3 is 0 Å². The van der Waals surface area contributed by atoms with Crippen LogP contribution in [0.15, 0.2) is 30.3 Å². The molecule has 3 rings (SSSR count). The lowest BCUT2D eigenvalue weighted by Gasteiger charge is -2.32. The van der Waals surface area contributed by atoms with Crippen LogP contribution in [0.3, 0.4) is 0 Å². The second-order valence-electron chi connectivity index (χ2n) is 6.87. The fraction of sp³-hybridized carbons (Fsp3) is 0.611. The van der Waals surface area contributed by atoms with E-state index in [2.05, 4.69) is 46.1 Å². The van der Waals surface area contributed by atoms with Gasteiger partial charge < -0.3 is 4.90 Å². The maximum absolute atomic E-state index is 12.4. The van der Waals surface area contributed by atoms with Crippen molar-refractivity contribution >= 4 is 5.91 Å². The fourth-order valence-electron chi connectivity index (χ4n) is 3.90. The second kappa shape index (κ2) is 7.43. The standard InChI is InChI=1S/C18H28N4O/c1-21(2)18(23)15-13-19-20-17(15)16-9-6-11-22(16)12-10-14-7-4-3-5-8-14/h3-5,7-8,15-17,19-20H,6,9-13H2,1-2H3. The topological polar surface area (TPSA) is 47.6 Å². The molecule has 0 aliphatic carbocycles. The van der Waals surface area contributed by atoms with E-state index in [1.165, 1.54) is 18.4 Å². The molecule has 0 spiro atoms. The molecule has 0 aromatic heterocycles. The Hall–Kier alpha value is -1.43. The van der Waals surface area contributed by atoms with E-state index in [1.807, 2.05) is 14.1 Å². The van der Waals surface area contributed by atoms with E-state index in [0.29, 0.717) is 6.04 Å². The summed E-state index contributed by atoms with van der Waals surface area (Å²) in [6, 6.07) is 11.3. The minimum atomic E-state index is 0.0346. The summed E-state index contributed by atoms with van der Waals surface area (Å²) in [5, 5.41) is 0. The summed E-state index contributed by atoms with van der Waals surface area (Å²) in [6.45, 7) is 2.93. The second-order valence-corrected chi connectivity index (χ2v) is 6.87. The van der Waals surface area contributed by atoms with Crippen LogP contribution < -0.4 is 10.9 Å². The molecule has 5 nitrogen and oxygen atoms in total. The third-order valence-electron chi connectivity index (χ3n) is 5.14. The molecule has 0 bridgehead atoms. The van der Waals surface area contributed by atoms with Gasteiger partial charge in [0.2, 0.25) is 5.91 Å². The number of benzene rings is 1. The van der Waals surface area contributed by atoms with Crippen LogP contribution in [0.1, 0.15) is 18.4 Å². The average Bonchev–Trinajstić information content (AvgIpc) is 3.21. The summed E-state index contributed by atoms with van der Waals surface area (Å²) >= 11 is 0. The van der Waals surface area contributed by atoms with Crippen LogP contribution in [0.25, 0.3) is 0 Å². The lowest BCUT2D eigenvalue weighted by atomic mass is 9.92. The highest BCUT2D eigenvalue weighted by Gasteiger charge is 2.42. The summed E-state index contributed by atoms with van der Waals surface area (Å²) in [5.41, 5.74) is 7.96. The highest BCUT2D eigenvalue weighted by Crippen LogP contribution is 2.26. The van der Waals surface area contributed by atoms with Gasteiger partial charge in [0.05, 0.1) is 5.92 Å². The lowest BCUT2D eigenvalue weighted by molar-refractivity contribution is -0.133. The van der Waals surface area contributed by atoms with Crippen molar-refractivity contribution in [2.24, 2.45) is 5.92 Å². The number of hydrogen-bond donors (Lipinski definition) is 2. The molecule has 2 fully saturated rings. The number of nitrogens with one attached hydrogen (secondary N) is 2. The maximum atomic E-state index is 12.4. The SMILES string of the molecule is CN(C)C(=O)C1CNNC1C1CCCN1CCc1ccccc1. The first-order valence-corrected chi connectivity index (χ1v) is 8.64. The molecule has 1 aromatic rings. The van der Waals surface area contributed by atoms with Crippen LogP contribution in [-0.4, -0.2) is 61.5 Å². The molecule has 0 radical (unpaired) electrons. The zero-order valence-electron chi connectivity index (χ0n) is 14.2. The number of hydrazine groups is 1. The predicted octanol–water partition coefficient (Wildman–Crippen LogP) is 0.874. The summed E-state index contributed by atoms with van der Waals surface area (Å²) in [6.07, 6.45) is 3.47. The summed E-state index contributed by atoms with van der Waals surface area (Å²) in [7, 11) is 3.69. The summed E-state index contributed by atoms with van der Waals surface area (Å²) in [4.78, 5) is 16.7. The zero-order valence-corrected chi connectivity index (χ0v) is 14.2. The summed E-state index contributed by atoms with van der Waals surface area (Å²) < 4.78 is 0. The average molecular weight is 316 g/mol. The van der Waals surface area contributed by atoms with E-state index >= 15 is 0 Å². The number of amides is 1. The molecule has 0 saturated carbocycles. The monoisotopic (exact) mass is 316 g/mol. The molecule has 1 aromatic carbocycles. The van der Waals surface area contributed by atoms with Crippen molar-refractivity contribution in [2.45, 2.75) is 31.3 Å². The first-order valence-electron chi connectivity index (χ1n) is 8.64. The Kier molecular flexibility index (Phi) is 5.30. The van der Waals surface area contributed by atoms with Gasteiger partial charge in [-0.15, -0.1) is 0 Å². The third kappa shape index (κ3) is 3.74. The Morgan fingerprint density at radius 2 is 2.09 bits per heavy atom. The van der Waals surface area contributed by atoms with E-state index in [-0.39, 0.29) is 17.9 Å². The maximum Gasteiger partial charge on any atom is 0.228 e. The van der Waals surface area contributed by atoms with Gasteiger partial charge in [-0.05, 0) is 31.4 Å². The van der Waals surface area contributed by atoms with Crippen LogP contribution in [0.2, 0.25) is 0 Å². The van der Waals surface area contributed by atoms with Crippen molar-refractivity contribution < 1.29 is 4.79 Å². The van der Waals surface area contributed by atoms with Gasteiger partial charge in [-0.3, -0.25) is 20.5 Å². The highest BCUT2D eigenvalue weighted by molar-refractivity contribution is 5.79. The quantitative estimate of drug-likeness (QED) is 0.846. The molecule has 2 aliphatic rings. The van der Waals surface area contributed by atoms with Gasteiger partial charge in [-0.25, -0.2) is 0 Å². The van der Waals surface area contributed by atoms with E-state index in [9.17, 15) is 4.79 Å². The molecule has 23 heavy (non-hydrogen) atoms. The lowest BCUT2D eigenvalue weighted by Crippen LogP contribution is -2.51. The molecule has 2 N–H and O–H groups in total. The van der Waals surface area contributed by atoms with Gasteiger partial charge in [0.25, 0.3) is 0 Å². The Bertz CT molecular complexity index is 519. The number of carbonyl (C=O) groups excluding carboxylic acids is 1. The van der Waals surface area contributed by atoms with Crippen molar-refractivity contribution in [3.8, 4) is 0 Å². The number of rotatable bonds is 5. The van der Waals surface area contributed by atoms with Gasteiger partial charge in [-0.1, -0.05) is 30.3 Å². The van der Waals surface area contributed by atoms with E-state index in [0.717, 1.165) is 26.1 Å². The molecule has 5 heteroatoms. The van der Waals surface area contributed by atoms with E-state index < -0.39 is 0 Å². The molecule has 3 atom stereocenters. The highest BCUT2D eigenvalue weighted by atomic mass is 16.2. The summed E-state index contributed by atoms with van der Waals surface area (Å²) in [5.74, 6) is 0.259. The van der Waals surface area contributed by atoms with E-state index in [1.54, 1.807) is 4.90 Å². The molecule has 2 heterocycles. The number of likely N-dealkylation sites (tertiary alicyclic amines) is 1. The molecule has 1 amide bonds. The van der Waals surface area contributed by atoms with E-state index in [4.69, 9.17) is 0 Å². The largest absolute Gasteiger partial charge is 0.348 e. The van der Waals surface area contributed by atoms with Crippen molar-refractivity contribution in [1.82, 2.24) is 20.7 Å². The first kappa shape index (κ1) is 16.4. The molecular formula is C18H28N4O. The minimum absolute atomic E-state index is 0.0346. The van der Waals surface area contributed by atoms with Crippen molar-refractivity contribution in [3.63, 3.8) is 0 Å². The fourth-order valence-corrected chi connectivity index (χ4v) is 3.90. The normalized spacial score (nSPS) is 28.2.